The molecule has 17 heavy (non-hydrogen) atoms. The molecule has 0 aliphatic rings. The average molecular weight is 243 g/mol. The van der Waals surface area contributed by atoms with Crippen molar-refractivity contribution in [2.24, 2.45) is 5.73 Å². The van der Waals surface area contributed by atoms with Gasteiger partial charge in [0.1, 0.15) is 0 Å². The molecule has 0 bridgehead atoms. The normalized spacial score (nSPS) is 11.8. The zero-order chi connectivity index (χ0) is 12.3. The number of hydrogen-bond donors (Lipinski definition) is 1. The van der Waals surface area contributed by atoms with Crippen LogP contribution in [0.25, 0.3) is 0 Å². The fraction of sp³-hybridized carbons (Fsp3) is 0.0714. The van der Waals surface area contributed by atoms with Gasteiger partial charge in [-0.25, -0.2) is 0 Å². The highest BCUT2D eigenvalue weighted by Gasteiger charge is 2.08. The monoisotopic (exact) mass is 242 g/mol. The van der Waals surface area contributed by atoms with Gasteiger partial charge in [-0.3, -0.25) is 0 Å². The maximum atomic E-state index is 8.84. The Morgan fingerprint density at radius 2 is 1.76 bits per heavy atom. The lowest BCUT2D eigenvalue weighted by Gasteiger charge is -2.12. The molecule has 2 rings (SSSR count). The third kappa shape index (κ3) is 2.65. The number of nitrogens with two attached hydrogens (primary N) is 1. The van der Waals surface area contributed by atoms with E-state index in [1.54, 1.807) is 12.1 Å². The zero-order valence-corrected chi connectivity index (χ0v) is 9.85. The van der Waals surface area contributed by atoms with Crippen molar-refractivity contribution in [2.45, 2.75) is 6.04 Å². The Kier molecular flexibility index (Phi) is 3.43. The standard InChI is InChI=1S/C14H11ClN2/c15-13-6-4-11(5-7-13)14(17)12-3-1-2-10(8-12)9-16/h1-8,14H,17H2/t14-/m0/s1. The predicted molar refractivity (Wildman–Crippen MR) is 68.6 cm³/mol. The molecule has 0 amide bonds. The minimum Gasteiger partial charge on any atom is -0.320 e. The van der Waals surface area contributed by atoms with Crippen LogP contribution in [0.5, 0.6) is 0 Å². The number of benzene rings is 2. The van der Waals surface area contributed by atoms with Crippen LogP contribution in [0, 0.1) is 11.3 Å². The van der Waals surface area contributed by atoms with E-state index in [4.69, 9.17) is 22.6 Å². The summed E-state index contributed by atoms with van der Waals surface area (Å²) >= 11 is 5.83. The van der Waals surface area contributed by atoms with Crippen LogP contribution in [0.3, 0.4) is 0 Å². The van der Waals surface area contributed by atoms with E-state index in [1.165, 1.54) is 0 Å². The summed E-state index contributed by atoms with van der Waals surface area (Å²) < 4.78 is 0. The number of nitriles is 1. The Balaban J connectivity index is 2.33. The van der Waals surface area contributed by atoms with E-state index in [1.807, 2.05) is 36.4 Å². The first-order valence-electron chi connectivity index (χ1n) is 5.22. The van der Waals surface area contributed by atoms with Crippen molar-refractivity contribution in [3.8, 4) is 6.07 Å². The second kappa shape index (κ2) is 5.01. The fourth-order valence-electron chi connectivity index (χ4n) is 1.66. The first-order chi connectivity index (χ1) is 8.20. The summed E-state index contributed by atoms with van der Waals surface area (Å²) in [4.78, 5) is 0. The quantitative estimate of drug-likeness (QED) is 0.879. The molecule has 0 fully saturated rings. The third-order valence-electron chi connectivity index (χ3n) is 2.60. The van der Waals surface area contributed by atoms with Crippen molar-refractivity contribution >= 4 is 11.6 Å². The summed E-state index contributed by atoms with van der Waals surface area (Å²) in [6.07, 6.45) is 0. The van der Waals surface area contributed by atoms with Crippen molar-refractivity contribution in [3.05, 3.63) is 70.2 Å². The van der Waals surface area contributed by atoms with Crippen LogP contribution in [0.4, 0.5) is 0 Å². The van der Waals surface area contributed by atoms with Crippen LogP contribution in [-0.4, -0.2) is 0 Å². The molecule has 0 radical (unpaired) electrons. The molecule has 84 valence electrons. The Morgan fingerprint density at radius 1 is 1.06 bits per heavy atom. The Hall–Kier alpha value is -1.82. The summed E-state index contributed by atoms with van der Waals surface area (Å²) in [6.45, 7) is 0. The van der Waals surface area contributed by atoms with Gasteiger partial charge in [0.2, 0.25) is 0 Å². The van der Waals surface area contributed by atoms with Crippen LogP contribution in [0.1, 0.15) is 22.7 Å². The maximum absolute atomic E-state index is 8.84. The maximum Gasteiger partial charge on any atom is 0.0991 e. The molecule has 0 aliphatic carbocycles. The van der Waals surface area contributed by atoms with E-state index in [0.29, 0.717) is 10.6 Å². The van der Waals surface area contributed by atoms with Crippen molar-refractivity contribution < 1.29 is 0 Å². The van der Waals surface area contributed by atoms with Gasteiger partial charge in [-0.1, -0.05) is 35.9 Å². The smallest absolute Gasteiger partial charge is 0.0991 e. The zero-order valence-electron chi connectivity index (χ0n) is 9.10. The second-order valence-corrected chi connectivity index (χ2v) is 4.20. The highest BCUT2D eigenvalue weighted by Crippen LogP contribution is 2.21. The molecule has 0 unspecified atom stereocenters. The number of nitrogens with zero attached hydrogens (tertiary/aromatic N) is 1. The van der Waals surface area contributed by atoms with Crippen LogP contribution < -0.4 is 5.73 Å². The van der Waals surface area contributed by atoms with Crippen LogP contribution in [-0.2, 0) is 0 Å². The Morgan fingerprint density at radius 3 is 2.41 bits per heavy atom. The van der Waals surface area contributed by atoms with Crippen LogP contribution >= 0.6 is 11.6 Å². The molecule has 2 nitrogen and oxygen atoms in total. The van der Waals surface area contributed by atoms with Crippen molar-refractivity contribution in [1.29, 1.82) is 5.26 Å². The fourth-order valence-corrected chi connectivity index (χ4v) is 1.79. The van der Waals surface area contributed by atoms with E-state index in [9.17, 15) is 0 Å². The molecule has 2 N–H and O–H groups in total. The molecule has 2 aromatic carbocycles. The second-order valence-electron chi connectivity index (χ2n) is 3.77. The number of hydrogen-bond acceptors (Lipinski definition) is 2. The first-order valence-corrected chi connectivity index (χ1v) is 5.59. The minimum atomic E-state index is -0.236. The van der Waals surface area contributed by atoms with Gasteiger partial charge in [0.15, 0.2) is 0 Å². The van der Waals surface area contributed by atoms with Crippen molar-refractivity contribution in [2.75, 3.05) is 0 Å². The Labute approximate surface area is 105 Å². The summed E-state index contributed by atoms with van der Waals surface area (Å²) in [7, 11) is 0. The van der Waals surface area contributed by atoms with Gasteiger partial charge >= 0.3 is 0 Å². The number of halogens is 1. The summed E-state index contributed by atoms with van der Waals surface area (Å²) in [5.74, 6) is 0. The lowest BCUT2D eigenvalue weighted by molar-refractivity contribution is 0.871. The molecule has 0 aliphatic heterocycles. The van der Waals surface area contributed by atoms with Crippen LogP contribution in [0.2, 0.25) is 5.02 Å². The van der Waals surface area contributed by atoms with E-state index >= 15 is 0 Å². The minimum absolute atomic E-state index is 0.236. The average Bonchev–Trinajstić information content (AvgIpc) is 2.39. The highest BCUT2D eigenvalue weighted by molar-refractivity contribution is 6.30. The predicted octanol–water partition coefficient (Wildman–Crippen LogP) is 3.26. The summed E-state index contributed by atoms with van der Waals surface area (Å²) in [5, 5.41) is 9.53. The third-order valence-corrected chi connectivity index (χ3v) is 2.86. The summed E-state index contributed by atoms with van der Waals surface area (Å²) in [6, 6.07) is 16.6. The molecule has 1 atom stereocenters. The summed E-state index contributed by atoms with van der Waals surface area (Å²) in [5.41, 5.74) is 8.65. The molecule has 0 spiro atoms. The Bertz CT molecular complexity index is 555. The molecule has 2 aromatic rings. The molecule has 0 saturated heterocycles. The lowest BCUT2D eigenvalue weighted by Crippen LogP contribution is -2.11. The molecule has 0 heterocycles. The highest BCUT2D eigenvalue weighted by atomic mass is 35.5. The molecule has 0 saturated carbocycles. The first kappa shape index (κ1) is 11.7. The van der Waals surface area contributed by atoms with Gasteiger partial charge in [-0.2, -0.15) is 5.26 Å². The van der Waals surface area contributed by atoms with Gasteiger partial charge < -0.3 is 5.73 Å². The van der Waals surface area contributed by atoms with Gasteiger partial charge in [-0.05, 0) is 35.4 Å². The van der Waals surface area contributed by atoms with Gasteiger partial charge in [-0.15, -0.1) is 0 Å². The van der Waals surface area contributed by atoms with Gasteiger partial charge in [0.05, 0.1) is 17.7 Å². The van der Waals surface area contributed by atoms with Gasteiger partial charge in [0.25, 0.3) is 0 Å². The van der Waals surface area contributed by atoms with Crippen molar-refractivity contribution in [3.63, 3.8) is 0 Å². The molecule has 3 heteroatoms. The van der Waals surface area contributed by atoms with Crippen LogP contribution in [0.15, 0.2) is 48.5 Å². The largest absolute Gasteiger partial charge is 0.320 e. The lowest BCUT2D eigenvalue weighted by atomic mass is 9.98. The molecular weight excluding hydrogens is 232 g/mol. The van der Waals surface area contributed by atoms with Gasteiger partial charge in [0, 0.05) is 5.02 Å². The van der Waals surface area contributed by atoms with E-state index in [0.717, 1.165) is 11.1 Å². The van der Waals surface area contributed by atoms with E-state index < -0.39 is 0 Å². The van der Waals surface area contributed by atoms with Crippen molar-refractivity contribution in [1.82, 2.24) is 0 Å². The van der Waals surface area contributed by atoms with E-state index in [2.05, 4.69) is 6.07 Å². The molecular formula is C14H11ClN2. The topological polar surface area (TPSA) is 49.8 Å². The SMILES string of the molecule is N#Cc1cccc([C@@H](N)c2ccc(Cl)cc2)c1. The number of rotatable bonds is 2. The molecule has 0 aromatic heterocycles. The van der Waals surface area contributed by atoms with E-state index in [-0.39, 0.29) is 6.04 Å².